The number of carbonyl (C=O) groups is 2. The highest BCUT2D eigenvalue weighted by atomic mass is 19.1. The average Bonchev–Trinajstić information content (AvgIpc) is 2.94. The topological polar surface area (TPSA) is 66.4 Å². The summed E-state index contributed by atoms with van der Waals surface area (Å²) in [5.74, 6) is -4.46. The highest BCUT2D eigenvalue weighted by Gasteiger charge is 2.48. The van der Waals surface area contributed by atoms with Crippen LogP contribution in [0.3, 0.4) is 0 Å². The van der Waals surface area contributed by atoms with E-state index < -0.39 is 35.3 Å². The van der Waals surface area contributed by atoms with Crippen molar-refractivity contribution < 1.29 is 23.5 Å². The molecule has 1 aliphatic carbocycles. The molecule has 0 heterocycles. The fourth-order valence-corrected chi connectivity index (χ4v) is 1.62. The summed E-state index contributed by atoms with van der Waals surface area (Å²) in [6, 6.07) is 2.63. The van der Waals surface area contributed by atoms with Crippen LogP contribution >= 0.6 is 0 Å². The lowest BCUT2D eigenvalue weighted by Crippen LogP contribution is -2.17. The number of amides is 1. The highest BCUT2D eigenvalue weighted by Crippen LogP contribution is 2.39. The van der Waals surface area contributed by atoms with Gasteiger partial charge in [0, 0.05) is 11.8 Å². The minimum Gasteiger partial charge on any atom is -0.481 e. The summed E-state index contributed by atoms with van der Waals surface area (Å²) in [5, 5.41) is 10.9. The Morgan fingerprint density at radius 1 is 1.18 bits per heavy atom. The predicted molar refractivity (Wildman–Crippen MR) is 54.2 cm³/mol. The minimum atomic E-state index is -1.03. The molecule has 0 bridgehead atoms. The lowest BCUT2D eigenvalue weighted by atomic mass is 10.2. The lowest BCUT2D eigenvalue weighted by Gasteiger charge is -2.04. The summed E-state index contributed by atoms with van der Waals surface area (Å²) >= 11 is 0. The summed E-state index contributed by atoms with van der Waals surface area (Å²) in [6.45, 7) is 0. The number of hydrogen-bond acceptors (Lipinski definition) is 2. The van der Waals surface area contributed by atoms with Gasteiger partial charge in [-0.1, -0.05) is 0 Å². The van der Waals surface area contributed by atoms with Crippen molar-refractivity contribution in [3.8, 4) is 0 Å². The molecule has 1 fully saturated rings. The molecule has 2 rings (SSSR count). The molecule has 1 aliphatic rings. The van der Waals surface area contributed by atoms with E-state index in [0.29, 0.717) is 6.07 Å². The third kappa shape index (κ3) is 2.58. The van der Waals surface area contributed by atoms with Crippen molar-refractivity contribution in [2.24, 2.45) is 11.8 Å². The molecule has 1 aromatic carbocycles. The first-order valence-corrected chi connectivity index (χ1v) is 4.97. The van der Waals surface area contributed by atoms with Gasteiger partial charge in [-0.25, -0.2) is 8.78 Å². The van der Waals surface area contributed by atoms with Crippen LogP contribution in [0.15, 0.2) is 18.2 Å². The molecular formula is C11H9F2NO3. The van der Waals surface area contributed by atoms with Crippen LogP contribution in [0.1, 0.15) is 6.42 Å². The Bertz CT molecular complexity index is 469. The van der Waals surface area contributed by atoms with Gasteiger partial charge in [0.1, 0.15) is 11.6 Å². The minimum absolute atomic E-state index is 0.0106. The van der Waals surface area contributed by atoms with E-state index >= 15 is 0 Å². The first-order valence-electron chi connectivity index (χ1n) is 4.97. The number of carboxylic acid groups (broad SMARTS) is 1. The molecule has 17 heavy (non-hydrogen) atoms. The summed E-state index contributed by atoms with van der Waals surface area (Å²) < 4.78 is 25.6. The van der Waals surface area contributed by atoms with Gasteiger partial charge >= 0.3 is 5.97 Å². The first-order chi connectivity index (χ1) is 7.97. The maximum Gasteiger partial charge on any atom is 0.307 e. The number of hydrogen-bond donors (Lipinski definition) is 2. The van der Waals surface area contributed by atoms with E-state index in [0.717, 1.165) is 12.1 Å². The SMILES string of the molecule is O=C(O)[C@H]1C[C@@H]1C(=O)Nc1cc(F)cc(F)c1. The van der Waals surface area contributed by atoms with Crippen LogP contribution in [0.25, 0.3) is 0 Å². The van der Waals surface area contributed by atoms with Crippen molar-refractivity contribution in [2.75, 3.05) is 5.32 Å². The molecule has 1 saturated carbocycles. The van der Waals surface area contributed by atoms with Crippen LogP contribution < -0.4 is 5.32 Å². The van der Waals surface area contributed by atoms with E-state index in [1.165, 1.54) is 0 Å². The van der Waals surface area contributed by atoms with Gasteiger partial charge in [-0.05, 0) is 18.6 Å². The Morgan fingerprint density at radius 2 is 1.76 bits per heavy atom. The fraction of sp³-hybridized carbons (Fsp3) is 0.273. The molecule has 0 radical (unpaired) electrons. The number of anilines is 1. The third-order valence-electron chi connectivity index (χ3n) is 2.57. The second kappa shape index (κ2) is 4.12. The second-order valence-corrected chi connectivity index (χ2v) is 3.93. The number of halogens is 2. The second-order valence-electron chi connectivity index (χ2n) is 3.93. The number of carboxylic acids is 1. The van der Waals surface area contributed by atoms with Crippen molar-refractivity contribution in [1.29, 1.82) is 0 Å². The monoisotopic (exact) mass is 241 g/mol. The molecule has 6 heteroatoms. The largest absolute Gasteiger partial charge is 0.481 e. The Hall–Kier alpha value is -1.98. The number of benzene rings is 1. The van der Waals surface area contributed by atoms with Crippen molar-refractivity contribution >= 4 is 17.6 Å². The fourth-order valence-electron chi connectivity index (χ4n) is 1.62. The van der Waals surface area contributed by atoms with E-state index in [1.807, 2.05) is 0 Å². The molecule has 4 nitrogen and oxygen atoms in total. The standard InChI is InChI=1S/C11H9F2NO3/c12-5-1-6(13)3-7(2-5)14-10(15)8-4-9(8)11(16)17/h1-3,8-9H,4H2,(H,14,15)(H,16,17)/t8-,9-/m0/s1. The third-order valence-corrected chi connectivity index (χ3v) is 2.57. The molecule has 1 aromatic rings. The number of carbonyl (C=O) groups excluding carboxylic acids is 1. The van der Waals surface area contributed by atoms with Crippen molar-refractivity contribution in [3.05, 3.63) is 29.8 Å². The molecule has 0 aromatic heterocycles. The maximum absolute atomic E-state index is 12.8. The first kappa shape index (κ1) is 11.5. The summed E-state index contributed by atoms with van der Waals surface area (Å²) in [6.07, 6.45) is 0.263. The number of nitrogens with one attached hydrogen (secondary N) is 1. The van der Waals surface area contributed by atoms with Gasteiger partial charge in [0.2, 0.25) is 5.91 Å². The number of aliphatic carboxylic acids is 1. The van der Waals surface area contributed by atoms with Crippen molar-refractivity contribution in [3.63, 3.8) is 0 Å². The lowest BCUT2D eigenvalue weighted by molar-refractivity contribution is -0.139. The van der Waals surface area contributed by atoms with Gasteiger partial charge < -0.3 is 10.4 Å². The van der Waals surface area contributed by atoms with Crippen molar-refractivity contribution in [1.82, 2.24) is 0 Å². The van der Waals surface area contributed by atoms with Gasteiger partial charge in [-0.2, -0.15) is 0 Å². The molecule has 90 valence electrons. The van der Waals surface area contributed by atoms with E-state index in [9.17, 15) is 18.4 Å². The van der Waals surface area contributed by atoms with Gasteiger partial charge in [-0.15, -0.1) is 0 Å². The number of rotatable bonds is 3. The quantitative estimate of drug-likeness (QED) is 0.845. The Balaban J connectivity index is 2.02. The molecule has 2 atom stereocenters. The molecule has 1 amide bonds. The zero-order valence-corrected chi connectivity index (χ0v) is 8.61. The Labute approximate surface area is 95.2 Å². The Kier molecular flexibility index (Phi) is 2.79. The smallest absolute Gasteiger partial charge is 0.307 e. The van der Waals surface area contributed by atoms with Gasteiger partial charge in [0.25, 0.3) is 0 Å². The normalized spacial score (nSPS) is 22.0. The highest BCUT2D eigenvalue weighted by molar-refractivity contribution is 5.98. The van der Waals surface area contributed by atoms with Crippen LogP contribution in [-0.2, 0) is 9.59 Å². The summed E-state index contributed by atoms with van der Waals surface area (Å²) in [4.78, 5) is 22.0. The molecule has 0 saturated heterocycles. The predicted octanol–water partition coefficient (Wildman–Crippen LogP) is 1.62. The van der Waals surface area contributed by atoms with E-state index in [-0.39, 0.29) is 12.1 Å². The molecular weight excluding hydrogens is 232 g/mol. The maximum atomic E-state index is 12.8. The zero-order valence-electron chi connectivity index (χ0n) is 8.61. The van der Waals surface area contributed by atoms with E-state index in [4.69, 9.17) is 5.11 Å². The average molecular weight is 241 g/mol. The van der Waals surface area contributed by atoms with E-state index in [2.05, 4.69) is 5.32 Å². The van der Waals surface area contributed by atoms with Gasteiger partial charge in [0.05, 0.1) is 11.8 Å². The van der Waals surface area contributed by atoms with Crippen molar-refractivity contribution in [2.45, 2.75) is 6.42 Å². The van der Waals surface area contributed by atoms with Crippen LogP contribution in [0.4, 0.5) is 14.5 Å². The zero-order chi connectivity index (χ0) is 12.6. The molecule has 2 N–H and O–H groups in total. The van der Waals surface area contributed by atoms with E-state index in [1.54, 1.807) is 0 Å². The molecule has 0 aliphatic heterocycles. The van der Waals surface area contributed by atoms with Crippen LogP contribution in [0.2, 0.25) is 0 Å². The molecule has 0 spiro atoms. The van der Waals surface area contributed by atoms with Gasteiger partial charge in [-0.3, -0.25) is 9.59 Å². The molecule has 0 unspecified atom stereocenters. The van der Waals surface area contributed by atoms with Crippen LogP contribution in [0.5, 0.6) is 0 Å². The summed E-state index contributed by atoms with van der Waals surface area (Å²) in [7, 11) is 0. The Morgan fingerprint density at radius 3 is 2.24 bits per heavy atom. The van der Waals surface area contributed by atoms with Crippen LogP contribution in [0, 0.1) is 23.5 Å². The van der Waals surface area contributed by atoms with Gasteiger partial charge in [0.15, 0.2) is 0 Å². The van der Waals surface area contributed by atoms with Crippen LogP contribution in [-0.4, -0.2) is 17.0 Å². The summed E-state index contributed by atoms with van der Waals surface area (Å²) in [5.41, 5.74) is -0.0106.